The first-order valence-corrected chi connectivity index (χ1v) is 7.68. The van der Waals surface area contributed by atoms with Gasteiger partial charge in [-0.25, -0.2) is 0 Å². The van der Waals surface area contributed by atoms with E-state index in [2.05, 4.69) is 19.2 Å². The van der Waals surface area contributed by atoms with Crippen molar-refractivity contribution in [2.24, 2.45) is 5.92 Å². The Morgan fingerprint density at radius 1 is 1.28 bits per heavy atom. The minimum atomic E-state index is -0.452. The highest BCUT2D eigenvalue weighted by Crippen LogP contribution is 2.31. The van der Waals surface area contributed by atoms with Gasteiger partial charge in [-0.1, -0.05) is 13.8 Å². The number of aliphatic hydroxyl groups is 1. The first kappa shape index (κ1) is 14.3. The molecule has 0 radical (unpaired) electrons. The molecule has 106 valence electrons. The molecule has 2 atom stereocenters. The van der Waals surface area contributed by atoms with Crippen molar-refractivity contribution < 1.29 is 9.84 Å². The number of rotatable bonds is 4. The fraction of sp³-hybridized carbons (Fsp3) is 1.00. The molecule has 3 heteroatoms. The van der Waals surface area contributed by atoms with Crippen molar-refractivity contribution in [3.8, 4) is 0 Å². The second kappa shape index (κ2) is 6.36. The van der Waals surface area contributed by atoms with Gasteiger partial charge < -0.3 is 15.2 Å². The quantitative estimate of drug-likeness (QED) is 0.811. The minimum absolute atomic E-state index is 0.414. The fourth-order valence-electron chi connectivity index (χ4n) is 3.16. The zero-order chi connectivity index (χ0) is 13.0. The molecule has 1 saturated heterocycles. The van der Waals surface area contributed by atoms with Crippen LogP contribution in [0.25, 0.3) is 0 Å². The predicted molar refractivity (Wildman–Crippen MR) is 73.6 cm³/mol. The van der Waals surface area contributed by atoms with E-state index in [1.807, 2.05) is 0 Å². The van der Waals surface area contributed by atoms with E-state index in [1.54, 1.807) is 0 Å². The van der Waals surface area contributed by atoms with Crippen LogP contribution < -0.4 is 5.32 Å². The largest absolute Gasteiger partial charge is 0.389 e. The van der Waals surface area contributed by atoms with Crippen molar-refractivity contribution in [2.45, 2.75) is 76.5 Å². The summed E-state index contributed by atoms with van der Waals surface area (Å²) < 4.78 is 5.69. The third kappa shape index (κ3) is 3.94. The third-order valence-corrected chi connectivity index (χ3v) is 4.75. The fourth-order valence-corrected chi connectivity index (χ4v) is 3.16. The third-order valence-electron chi connectivity index (χ3n) is 4.75. The summed E-state index contributed by atoms with van der Waals surface area (Å²) >= 11 is 0. The monoisotopic (exact) mass is 255 g/mol. The van der Waals surface area contributed by atoms with Gasteiger partial charge in [0.15, 0.2) is 0 Å². The Balaban J connectivity index is 1.73. The Morgan fingerprint density at radius 3 is 2.67 bits per heavy atom. The molecule has 1 aliphatic carbocycles. The Hall–Kier alpha value is -0.120. The van der Waals surface area contributed by atoms with Gasteiger partial charge in [-0.2, -0.15) is 0 Å². The Bertz CT molecular complexity index is 249. The molecule has 0 aromatic heterocycles. The average molecular weight is 255 g/mol. The van der Waals surface area contributed by atoms with Gasteiger partial charge in [0.25, 0.3) is 0 Å². The lowest BCUT2D eigenvalue weighted by Crippen LogP contribution is -2.48. The molecule has 0 spiro atoms. The van der Waals surface area contributed by atoms with E-state index in [9.17, 15) is 5.11 Å². The molecule has 1 aliphatic heterocycles. The number of hydrogen-bond acceptors (Lipinski definition) is 3. The highest BCUT2D eigenvalue weighted by atomic mass is 16.5. The standard InChI is InChI=1S/C15H29NO2/c1-3-14-10-13(6-9-18-14)16-11-15(17)7-4-12(2)5-8-15/h12-14,16-17H,3-11H2,1-2H3. The summed E-state index contributed by atoms with van der Waals surface area (Å²) in [5, 5.41) is 14.1. The van der Waals surface area contributed by atoms with Gasteiger partial charge in [0.2, 0.25) is 0 Å². The number of ether oxygens (including phenoxy) is 1. The van der Waals surface area contributed by atoms with Crippen LogP contribution in [0.15, 0.2) is 0 Å². The van der Waals surface area contributed by atoms with Gasteiger partial charge in [0.1, 0.15) is 0 Å². The smallest absolute Gasteiger partial charge is 0.0771 e. The van der Waals surface area contributed by atoms with Gasteiger partial charge >= 0.3 is 0 Å². The van der Waals surface area contributed by atoms with Crippen LogP contribution in [-0.2, 0) is 4.74 Å². The molecular weight excluding hydrogens is 226 g/mol. The second-order valence-corrected chi connectivity index (χ2v) is 6.41. The molecule has 3 nitrogen and oxygen atoms in total. The maximum absolute atomic E-state index is 10.5. The molecule has 2 unspecified atom stereocenters. The normalized spacial score (nSPS) is 41.8. The van der Waals surface area contributed by atoms with E-state index < -0.39 is 5.60 Å². The number of hydrogen-bond donors (Lipinski definition) is 2. The maximum atomic E-state index is 10.5. The van der Waals surface area contributed by atoms with Gasteiger partial charge in [-0.3, -0.25) is 0 Å². The molecule has 2 rings (SSSR count). The molecule has 2 aliphatic rings. The molecular formula is C15H29NO2. The van der Waals surface area contributed by atoms with E-state index in [0.717, 1.165) is 51.2 Å². The summed E-state index contributed by atoms with van der Waals surface area (Å²) in [5.41, 5.74) is -0.452. The van der Waals surface area contributed by atoms with Gasteiger partial charge in [-0.05, 0) is 50.9 Å². The Morgan fingerprint density at radius 2 is 2.00 bits per heavy atom. The maximum Gasteiger partial charge on any atom is 0.0771 e. The van der Waals surface area contributed by atoms with Crippen molar-refractivity contribution in [3.05, 3.63) is 0 Å². The first-order chi connectivity index (χ1) is 8.61. The zero-order valence-electron chi connectivity index (χ0n) is 12.0. The van der Waals surface area contributed by atoms with Crippen LogP contribution in [-0.4, -0.2) is 36.0 Å². The molecule has 0 aromatic carbocycles. The molecule has 2 fully saturated rings. The van der Waals surface area contributed by atoms with E-state index in [-0.39, 0.29) is 0 Å². The van der Waals surface area contributed by atoms with Crippen LogP contribution in [0.5, 0.6) is 0 Å². The first-order valence-electron chi connectivity index (χ1n) is 7.68. The lowest BCUT2D eigenvalue weighted by atomic mass is 9.79. The molecule has 1 heterocycles. The number of nitrogens with one attached hydrogen (secondary N) is 1. The summed E-state index contributed by atoms with van der Waals surface area (Å²) in [5.74, 6) is 0.790. The van der Waals surface area contributed by atoms with Gasteiger partial charge in [0.05, 0.1) is 11.7 Å². The average Bonchev–Trinajstić information content (AvgIpc) is 2.41. The van der Waals surface area contributed by atoms with Crippen molar-refractivity contribution in [1.82, 2.24) is 5.32 Å². The highest BCUT2D eigenvalue weighted by molar-refractivity contribution is 4.88. The Labute approximate surface area is 111 Å². The molecule has 18 heavy (non-hydrogen) atoms. The summed E-state index contributed by atoms with van der Waals surface area (Å²) in [6.07, 6.45) is 7.96. The zero-order valence-corrected chi connectivity index (χ0v) is 12.0. The molecule has 0 amide bonds. The van der Waals surface area contributed by atoms with Crippen molar-refractivity contribution >= 4 is 0 Å². The highest BCUT2D eigenvalue weighted by Gasteiger charge is 2.32. The summed E-state index contributed by atoms with van der Waals surface area (Å²) in [4.78, 5) is 0. The topological polar surface area (TPSA) is 41.5 Å². The lowest BCUT2D eigenvalue weighted by molar-refractivity contribution is -0.0253. The summed E-state index contributed by atoms with van der Waals surface area (Å²) in [6.45, 7) is 6.10. The van der Waals surface area contributed by atoms with Crippen LogP contribution >= 0.6 is 0 Å². The van der Waals surface area contributed by atoms with E-state index in [1.165, 1.54) is 12.8 Å². The molecule has 0 bridgehead atoms. The van der Waals surface area contributed by atoms with Crippen molar-refractivity contribution in [2.75, 3.05) is 13.2 Å². The van der Waals surface area contributed by atoms with E-state index in [0.29, 0.717) is 12.1 Å². The van der Waals surface area contributed by atoms with E-state index in [4.69, 9.17) is 4.74 Å². The molecule has 2 N–H and O–H groups in total. The van der Waals surface area contributed by atoms with Crippen LogP contribution in [0, 0.1) is 5.92 Å². The van der Waals surface area contributed by atoms with Gasteiger partial charge in [0, 0.05) is 19.2 Å². The van der Waals surface area contributed by atoms with Gasteiger partial charge in [-0.15, -0.1) is 0 Å². The second-order valence-electron chi connectivity index (χ2n) is 6.41. The van der Waals surface area contributed by atoms with E-state index >= 15 is 0 Å². The summed E-state index contributed by atoms with van der Waals surface area (Å²) in [6, 6.07) is 0.534. The SMILES string of the molecule is CCC1CC(NCC2(O)CCC(C)CC2)CCO1. The molecule has 1 saturated carbocycles. The summed E-state index contributed by atoms with van der Waals surface area (Å²) in [7, 11) is 0. The minimum Gasteiger partial charge on any atom is -0.389 e. The van der Waals surface area contributed by atoms with Crippen LogP contribution in [0.1, 0.15) is 58.8 Å². The van der Waals surface area contributed by atoms with Crippen molar-refractivity contribution in [1.29, 1.82) is 0 Å². The predicted octanol–water partition coefficient (Wildman–Crippen LogP) is 2.47. The van der Waals surface area contributed by atoms with Crippen LogP contribution in [0.3, 0.4) is 0 Å². The van der Waals surface area contributed by atoms with Crippen molar-refractivity contribution in [3.63, 3.8) is 0 Å². The Kier molecular flexibility index (Phi) is 5.05. The molecule has 0 aromatic rings. The van der Waals surface area contributed by atoms with Crippen LogP contribution in [0.2, 0.25) is 0 Å². The van der Waals surface area contributed by atoms with Crippen LogP contribution in [0.4, 0.5) is 0 Å². The lowest BCUT2D eigenvalue weighted by Gasteiger charge is -2.37.